The van der Waals surface area contributed by atoms with Crippen LogP contribution in [0.1, 0.15) is 43.2 Å². The number of likely N-dealkylation sites (tertiary alicyclic amines) is 1. The van der Waals surface area contributed by atoms with Gasteiger partial charge in [0.2, 0.25) is 5.88 Å². The number of ether oxygens (including phenoxy) is 3. The van der Waals surface area contributed by atoms with Crippen LogP contribution in [0.3, 0.4) is 0 Å². The van der Waals surface area contributed by atoms with Gasteiger partial charge in [0.15, 0.2) is 11.7 Å². The first-order valence-corrected chi connectivity index (χ1v) is 14.4. The molecule has 0 radical (unpaired) electrons. The van der Waals surface area contributed by atoms with Crippen LogP contribution in [0.4, 0.5) is 0 Å². The van der Waals surface area contributed by atoms with Crippen LogP contribution in [0, 0.1) is 20.8 Å². The van der Waals surface area contributed by atoms with Gasteiger partial charge >= 0.3 is 0 Å². The van der Waals surface area contributed by atoms with Crippen LogP contribution in [-0.2, 0) is 4.74 Å². The number of likely N-dealkylation sites (N-methyl/N-ethyl adjacent to an activating group) is 1. The van der Waals surface area contributed by atoms with Crippen molar-refractivity contribution in [1.82, 2.24) is 25.3 Å². The Hall–Kier alpha value is -3.34. The molecular formula is C30H40ClN5O5. The lowest BCUT2D eigenvalue weighted by atomic mass is 10.1. The fraction of sp³-hybridized carbons (Fsp3) is 0.500. The van der Waals surface area contributed by atoms with Gasteiger partial charge in [-0.3, -0.25) is 0 Å². The third-order valence-electron chi connectivity index (χ3n) is 7.13. The van der Waals surface area contributed by atoms with Crippen LogP contribution >= 0.6 is 11.6 Å². The van der Waals surface area contributed by atoms with Crippen molar-refractivity contribution in [3.05, 3.63) is 52.7 Å². The minimum atomic E-state index is -0.651. The summed E-state index contributed by atoms with van der Waals surface area (Å²) in [5.41, 5.74) is 3.55. The van der Waals surface area contributed by atoms with Crippen molar-refractivity contribution >= 4 is 11.6 Å². The van der Waals surface area contributed by atoms with Gasteiger partial charge in [-0.25, -0.2) is 4.98 Å². The number of rotatable bonds is 14. The summed E-state index contributed by atoms with van der Waals surface area (Å²) in [7, 11) is 1.77. The zero-order valence-corrected chi connectivity index (χ0v) is 25.3. The van der Waals surface area contributed by atoms with Crippen molar-refractivity contribution < 1.29 is 23.8 Å². The Balaban J connectivity index is 1.64. The molecule has 41 heavy (non-hydrogen) atoms. The highest BCUT2D eigenvalue weighted by Gasteiger charge is 2.27. The largest absolute Gasteiger partial charge is 0.491 e. The van der Waals surface area contributed by atoms with E-state index in [-0.39, 0.29) is 6.61 Å². The molecule has 2 aromatic heterocycles. The fourth-order valence-corrected chi connectivity index (χ4v) is 5.28. The van der Waals surface area contributed by atoms with Crippen LogP contribution < -0.4 is 14.8 Å². The van der Waals surface area contributed by atoms with Crippen LogP contribution in [-0.4, -0.2) is 77.2 Å². The van der Waals surface area contributed by atoms with Crippen molar-refractivity contribution in [2.24, 2.45) is 0 Å². The van der Waals surface area contributed by atoms with Crippen molar-refractivity contribution in [2.75, 3.05) is 40.0 Å². The van der Waals surface area contributed by atoms with E-state index in [9.17, 15) is 5.11 Å². The van der Waals surface area contributed by atoms with Gasteiger partial charge in [-0.1, -0.05) is 16.8 Å². The molecule has 1 aromatic carbocycles. The Kier molecular flexibility index (Phi) is 10.5. The molecule has 0 aliphatic carbocycles. The SMILES string of the molecule is C=C(OCC)N1CCC[C@H]1CCOc1nc(-c2cc(OC[C@H](O)CNC)ccc2Cl)nc(-c2c(C)noc2C)c1C. The second kappa shape index (κ2) is 14.0. The molecule has 0 unspecified atom stereocenters. The van der Waals surface area contributed by atoms with Crippen molar-refractivity contribution in [3.63, 3.8) is 0 Å². The highest BCUT2D eigenvalue weighted by molar-refractivity contribution is 6.33. The third kappa shape index (κ3) is 7.30. The molecule has 2 atom stereocenters. The molecule has 1 fully saturated rings. The highest BCUT2D eigenvalue weighted by Crippen LogP contribution is 2.37. The average molecular weight is 586 g/mol. The lowest BCUT2D eigenvalue weighted by Crippen LogP contribution is -2.31. The minimum Gasteiger partial charge on any atom is -0.491 e. The molecule has 222 valence electrons. The minimum absolute atomic E-state index is 0.128. The van der Waals surface area contributed by atoms with E-state index < -0.39 is 6.10 Å². The Morgan fingerprint density at radius 3 is 2.78 bits per heavy atom. The van der Waals surface area contributed by atoms with Gasteiger partial charge in [0.1, 0.15) is 24.2 Å². The molecule has 1 saturated heterocycles. The number of halogens is 1. The Morgan fingerprint density at radius 1 is 1.27 bits per heavy atom. The number of aromatic nitrogens is 3. The van der Waals surface area contributed by atoms with Crippen molar-refractivity contribution in [2.45, 2.75) is 59.1 Å². The zero-order chi connectivity index (χ0) is 29.5. The van der Waals surface area contributed by atoms with E-state index in [1.54, 1.807) is 25.2 Å². The van der Waals surface area contributed by atoms with Gasteiger partial charge in [0.25, 0.3) is 0 Å². The molecule has 10 nitrogen and oxygen atoms in total. The van der Waals surface area contributed by atoms with Gasteiger partial charge in [-0.15, -0.1) is 0 Å². The van der Waals surface area contributed by atoms with Gasteiger partial charge in [-0.05, 0) is 72.4 Å². The van der Waals surface area contributed by atoms with Gasteiger partial charge in [0.05, 0.1) is 35.2 Å². The topological polar surface area (TPSA) is 115 Å². The monoisotopic (exact) mass is 585 g/mol. The smallest absolute Gasteiger partial charge is 0.220 e. The van der Waals surface area contributed by atoms with E-state index in [1.807, 2.05) is 27.7 Å². The Bertz CT molecular complexity index is 1330. The normalized spacial score (nSPS) is 15.7. The lowest BCUT2D eigenvalue weighted by molar-refractivity contribution is 0.106. The molecule has 0 amide bonds. The summed E-state index contributed by atoms with van der Waals surface area (Å²) in [5, 5.41) is 17.6. The van der Waals surface area contributed by atoms with E-state index in [0.717, 1.165) is 42.6 Å². The van der Waals surface area contributed by atoms with E-state index in [4.69, 9.17) is 40.3 Å². The maximum absolute atomic E-state index is 10.1. The molecule has 2 N–H and O–H groups in total. The molecule has 0 bridgehead atoms. The number of hydrogen-bond acceptors (Lipinski definition) is 10. The standard InChI is InChI=1S/C30H40ClN5O5/c1-7-38-21(5)36-13-8-9-22(36)12-14-39-30-18(2)28(27-19(3)35-41-20(27)4)33-29(34-30)25-15-24(10-11-26(25)31)40-17-23(37)16-32-6/h10-11,15,22-23,32,37H,5,7-9,12-14,16-17H2,1-4,6H3/t22-,23+/m0/s1. The molecule has 3 aromatic rings. The molecule has 3 heterocycles. The molecule has 4 rings (SSSR count). The number of aliphatic hydroxyl groups excluding tert-OH is 1. The number of hydrogen-bond donors (Lipinski definition) is 2. The van der Waals surface area contributed by atoms with Gasteiger partial charge in [0, 0.05) is 36.7 Å². The number of nitrogens with one attached hydrogen (secondary N) is 1. The molecule has 1 aliphatic rings. The molecule has 0 saturated carbocycles. The molecular weight excluding hydrogens is 546 g/mol. The van der Waals surface area contributed by atoms with Gasteiger partial charge < -0.3 is 34.1 Å². The van der Waals surface area contributed by atoms with Crippen molar-refractivity contribution in [3.8, 4) is 34.3 Å². The zero-order valence-electron chi connectivity index (χ0n) is 24.5. The van der Waals surface area contributed by atoms with Crippen LogP contribution in [0.25, 0.3) is 22.6 Å². The van der Waals surface area contributed by atoms with E-state index in [1.165, 1.54) is 0 Å². The highest BCUT2D eigenvalue weighted by atomic mass is 35.5. The first-order chi connectivity index (χ1) is 19.7. The summed E-state index contributed by atoms with van der Waals surface area (Å²) in [5.74, 6) is 2.76. The third-order valence-corrected chi connectivity index (χ3v) is 7.46. The summed E-state index contributed by atoms with van der Waals surface area (Å²) >= 11 is 6.64. The van der Waals surface area contributed by atoms with Crippen LogP contribution in [0.5, 0.6) is 11.6 Å². The summed E-state index contributed by atoms with van der Waals surface area (Å²) in [6.45, 7) is 14.3. The number of nitrogens with zero attached hydrogens (tertiary/aromatic N) is 4. The summed E-state index contributed by atoms with van der Waals surface area (Å²) in [4.78, 5) is 11.9. The number of benzene rings is 1. The predicted molar refractivity (Wildman–Crippen MR) is 158 cm³/mol. The fourth-order valence-electron chi connectivity index (χ4n) is 5.08. The lowest BCUT2D eigenvalue weighted by Gasteiger charge is -2.27. The summed E-state index contributed by atoms with van der Waals surface area (Å²) < 4.78 is 23.3. The van der Waals surface area contributed by atoms with Crippen LogP contribution in [0.15, 0.2) is 35.2 Å². The second-order valence-electron chi connectivity index (χ2n) is 10.1. The predicted octanol–water partition coefficient (Wildman–Crippen LogP) is 5.08. The second-order valence-corrected chi connectivity index (χ2v) is 10.5. The maximum atomic E-state index is 10.1. The Morgan fingerprint density at radius 2 is 2.07 bits per heavy atom. The first-order valence-electron chi connectivity index (χ1n) is 14.0. The average Bonchev–Trinajstić information content (AvgIpc) is 3.55. The van der Waals surface area contributed by atoms with E-state index in [2.05, 4.69) is 22.0 Å². The summed E-state index contributed by atoms with van der Waals surface area (Å²) in [6.07, 6.45) is 2.29. The first kappa shape index (κ1) is 30.6. The van der Waals surface area contributed by atoms with Gasteiger partial charge in [-0.2, -0.15) is 4.98 Å². The van der Waals surface area contributed by atoms with Crippen LogP contribution in [0.2, 0.25) is 5.02 Å². The van der Waals surface area contributed by atoms with E-state index >= 15 is 0 Å². The molecule has 11 heteroatoms. The number of aliphatic hydroxyl groups is 1. The van der Waals surface area contributed by atoms with Crippen molar-refractivity contribution in [1.29, 1.82) is 0 Å². The Labute approximate surface area is 246 Å². The molecule has 1 aliphatic heterocycles. The number of aryl methyl sites for hydroxylation is 2. The maximum Gasteiger partial charge on any atom is 0.220 e. The summed E-state index contributed by atoms with van der Waals surface area (Å²) in [6, 6.07) is 5.55. The van der Waals surface area contributed by atoms with E-state index in [0.29, 0.717) is 71.2 Å². The quantitative estimate of drug-likeness (QED) is 0.248. The molecule has 0 spiro atoms.